The maximum atomic E-state index is 12.5. The lowest BCUT2D eigenvalue weighted by molar-refractivity contribution is 0.221. The van der Waals surface area contributed by atoms with Gasteiger partial charge in [0.1, 0.15) is 5.82 Å². The van der Waals surface area contributed by atoms with Crippen molar-refractivity contribution in [2.24, 2.45) is 29.2 Å². The van der Waals surface area contributed by atoms with E-state index in [-0.39, 0.29) is 24.3 Å². The summed E-state index contributed by atoms with van der Waals surface area (Å²) in [6, 6.07) is 9.75. The maximum Gasteiger partial charge on any atom is 0.354 e. The second-order valence-electron chi connectivity index (χ2n) is 9.00. The van der Waals surface area contributed by atoms with Gasteiger partial charge in [0.15, 0.2) is 0 Å². The van der Waals surface area contributed by atoms with E-state index in [9.17, 15) is 9.59 Å². The van der Waals surface area contributed by atoms with Crippen LogP contribution in [0.1, 0.15) is 12.0 Å². The van der Waals surface area contributed by atoms with Crippen LogP contribution in [0.15, 0.2) is 41.3 Å². The average molecular weight is 460 g/mol. The van der Waals surface area contributed by atoms with E-state index in [1.165, 1.54) is 10.1 Å². The van der Waals surface area contributed by atoms with Crippen molar-refractivity contribution in [3.8, 4) is 5.69 Å². The van der Waals surface area contributed by atoms with Gasteiger partial charge in [-0.15, -0.1) is 12.4 Å². The second-order valence-corrected chi connectivity index (χ2v) is 9.00. The molecule has 3 fully saturated rings. The number of nitrogens with zero attached hydrogens (tertiary/aromatic N) is 4. The molecule has 5 rings (SSSR count). The quantitative estimate of drug-likeness (QED) is 0.609. The van der Waals surface area contributed by atoms with E-state index >= 15 is 0 Å². The number of hydrogen-bond acceptors (Lipinski definition) is 6. The standard InChI is InChI=1S/C22H29N7O2.ClH/c23-9-15-5-7-28(11-15)21(30)25-19-6-8-29(22(31)26-19)16-3-1-14(2-4-16)10-27-12-17-18(13-27)20(17)24;/h1-4,6,8,15,17-18,20H,5,7,9-13,23-24H2,(H,25,26,30,31);1H/t15-,17?,18?,20?;/m1./s1. The van der Waals surface area contributed by atoms with Gasteiger partial charge in [0.25, 0.3) is 0 Å². The summed E-state index contributed by atoms with van der Waals surface area (Å²) in [7, 11) is 0. The first kappa shape index (κ1) is 22.7. The highest BCUT2D eigenvalue weighted by Gasteiger charge is 2.53. The largest absolute Gasteiger partial charge is 0.354 e. The molecule has 9 nitrogen and oxygen atoms in total. The van der Waals surface area contributed by atoms with E-state index in [0.29, 0.717) is 43.4 Å². The highest BCUT2D eigenvalue weighted by atomic mass is 35.5. The summed E-state index contributed by atoms with van der Waals surface area (Å²) in [4.78, 5) is 33.1. The van der Waals surface area contributed by atoms with Crippen molar-refractivity contribution < 1.29 is 4.79 Å². The number of carbonyl (C=O) groups excluding carboxylic acids is 1. The minimum atomic E-state index is -0.430. The van der Waals surface area contributed by atoms with Crippen molar-refractivity contribution in [3.05, 3.63) is 52.6 Å². The van der Waals surface area contributed by atoms with E-state index in [0.717, 1.165) is 31.7 Å². The van der Waals surface area contributed by atoms with Crippen LogP contribution >= 0.6 is 12.4 Å². The summed E-state index contributed by atoms with van der Waals surface area (Å²) >= 11 is 0. The minimum Gasteiger partial charge on any atom is -0.330 e. The number of aromatic nitrogens is 2. The zero-order chi connectivity index (χ0) is 21.5. The molecule has 2 aliphatic heterocycles. The number of benzene rings is 1. The molecule has 0 spiro atoms. The molecule has 2 unspecified atom stereocenters. The molecular formula is C22H30ClN7O2. The molecule has 3 atom stereocenters. The van der Waals surface area contributed by atoms with E-state index < -0.39 is 5.69 Å². The van der Waals surface area contributed by atoms with Crippen molar-refractivity contribution in [1.29, 1.82) is 0 Å². The van der Waals surface area contributed by atoms with Gasteiger partial charge in [-0.1, -0.05) is 12.1 Å². The van der Waals surface area contributed by atoms with Gasteiger partial charge in [-0.05, 0) is 54.5 Å². The number of amides is 2. The summed E-state index contributed by atoms with van der Waals surface area (Å²) in [5.74, 6) is 1.94. The molecule has 0 bridgehead atoms. The van der Waals surface area contributed by atoms with Gasteiger partial charge in [-0.25, -0.2) is 9.59 Å². The monoisotopic (exact) mass is 459 g/mol. The minimum absolute atomic E-state index is 0. The van der Waals surface area contributed by atoms with Gasteiger partial charge in [-0.3, -0.25) is 14.8 Å². The van der Waals surface area contributed by atoms with E-state index in [4.69, 9.17) is 11.5 Å². The molecule has 172 valence electrons. The third-order valence-electron chi connectivity index (χ3n) is 6.90. The summed E-state index contributed by atoms with van der Waals surface area (Å²) < 4.78 is 1.48. The van der Waals surface area contributed by atoms with Crippen molar-refractivity contribution in [2.45, 2.75) is 19.0 Å². The number of rotatable bonds is 5. The average Bonchev–Trinajstić information content (AvgIpc) is 3.16. The molecule has 32 heavy (non-hydrogen) atoms. The Kier molecular flexibility index (Phi) is 6.52. The molecule has 0 radical (unpaired) electrons. The molecule has 2 aromatic rings. The Bertz CT molecular complexity index is 1020. The molecule has 2 saturated heterocycles. The predicted molar refractivity (Wildman–Crippen MR) is 125 cm³/mol. The van der Waals surface area contributed by atoms with Crippen LogP contribution in [0.3, 0.4) is 0 Å². The van der Waals surface area contributed by atoms with Crippen molar-refractivity contribution >= 4 is 24.3 Å². The summed E-state index contributed by atoms with van der Waals surface area (Å²) in [5, 5.41) is 2.71. The first-order chi connectivity index (χ1) is 15.0. The SMILES string of the molecule is Cl.NC[C@H]1CCN(C(=O)Nc2ccn(-c3ccc(CN4CC5C(N)C5C4)cc3)c(=O)n2)C1. The first-order valence-corrected chi connectivity index (χ1v) is 10.9. The lowest BCUT2D eigenvalue weighted by Gasteiger charge is -2.19. The topological polar surface area (TPSA) is 123 Å². The number of carbonyl (C=O) groups is 1. The highest BCUT2D eigenvalue weighted by molar-refractivity contribution is 5.88. The van der Waals surface area contributed by atoms with Gasteiger partial charge in [0.05, 0.1) is 5.69 Å². The molecular weight excluding hydrogens is 430 g/mol. The Morgan fingerprint density at radius 1 is 1.12 bits per heavy atom. The molecule has 5 N–H and O–H groups in total. The normalized spacial score (nSPS) is 26.5. The third-order valence-corrected chi connectivity index (χ3v) is 6.90. The van der Waals surface area contributed by atoms with Gasteiger partial charge >= 0.3 is 11.7 Å². The molecule has 1 aromatic heterocycles. The molecule has 3 aliphatic rings. The lowest BCUT2D eigenvalue weighted by Crippen LogP contribution is -2.34. The van der Waals surface area contributed by atoms with Crippen LogP contribution < -0.4 is 22.5 Å². The number of anilines is 1. The van der Waals surface area contributed by atoms with E-state index in [2.05, 4.69) is 15.2 Å². The summed E-state index contributed by atoms with van der Waals surface area (Å²) in [6.45, 7) is 4.94. The van der Waals surface area contributed by atoms with Gasteiger partial charge in [-0.2, -0.15) is 4.98 Å². The maximum absolute atomic E-state index is 12.5. The molecule has 10 heteroatoms. The number of fused-ring (bicyclic) bond motifs is 1. The second kappa shape index (κ2) is 9.19. The smallest absolute Gasteiger partial charge is 0.330 e. The lowest BCUT2D eigenvalue weighted by atomic mass is 10.1. The van der Waals surface area contributed by atoms with Gasteiger partial charge < -0.3 is 16.4 Å². The number of nitrogens with two attached hydrogens (primary N) is 2. The van der Waals surface area contributed by atoms with Crippen LogP contribution in [0.5, 0.6) is 0 Å². The molecule has 1 aliphatic carbocycles. The van der Waals surface area contributed by atoms with Crippen LogP contribution in [0.4, 0.5) is 10.6 Å². The number of hydrogen-bond donors (Lipinski definition) is 3. The fourth-order valence-electron chi connectivity index (χ4n) is 4.88. The Hall–Kier alpha value is -2.46. The zero-order valence-corrected chi connectivity index (χ0v) is 18.7. The number of likely N-dealkylation sites (tertiary alicyclic amines) is 2. The molecule has 1 saturated carbocycles. The number of piperidine rings is 1. The Morgan fingerprint density at radius 3 is 2.47 bits per heavy atom. The van der Waals surface area contributed by atoms with Crippen LogP contribution in [0.25, 0.3) is 5.69 Å². The van der Waals surface area contributed by atoms with Crippen molar-refractivity contribution in [2.75, 3.05) is 38.0 Å². The summed E-state index contributed by atoms with van der Waals surface area (Å²) in [5.41, 5.74) is 13.2. The number of halogens is 1. The molecule has 3 heterocycles. The third kappa shape index (κ3) is 4.52. The first-order valence-electron chi connectivity index (χ1n) is 10.9. The van der Waals surface area contributed by atoms with Crippen molar-refractivity contribution in [3.63, 3.8) is 0 Å². The predicted octanol–water partition coefficient (Wildman–Crippen LogP) is 0.856. The van der Waals surface area contributed by atoms with Crippen LogP contribution in [0, 0.1) is 17.8 Å². The Morgan fingerprint density at radius 2 is 1.84 bits per heavy atom. The molecule has 2 amide bonds. The Labute approximate surface area is 193 Å². The highest BCUT2D eigenvalue weighted by Crippen LogP contribution is 2.44. The van der Waals surface area contributed by atoms with E-state index in [1.807, 2.05) is 24.3 Å². The van der Waals surface area contributed by atoms with E-state index in [1.54, 1.807) is 17.2 Å². The summed E-state index contributed by atoms with van der Waals surface area (Å²) in [6.07, 6.45) is 2.55. The fourth-order valence-corrected chi connectivity index (χ4v) is 4.88. The van der Waals surface area contributed by atoms with Crippen LogP contribution in [-0.2, 0) is 6.54 Å². The Balaban J connectivity index is 0.00000245. The van der Waals surface area contributed by atoms with Crippen LogP contribution in [0.2, 0.25) is 0 Å². The number of urea groups is 1. The van der Waals surface area contributed by atoms with Crippen LogP contribution in [-0.4, -0.2) is 64.1 Å². The van der Waals surface area contributed by atoms with Gasteiger partial charge in [0.2, 0.25) is 0 Å². The fraction of sp³-hybridized carbons (Fsp3) is 0.500. The van der Waals surface area contributed by atoms with Gasteiger partial charge in [0, 0.05) is 45.0 Å². The molecule has 1 aromatic carbocycles. The number of nitrogens with one attached hydrogen (secondary N) is 1. The zero-order valence-electron chi connectivity index (χ0n) is 17.9. The van der Waals surface area contributed by atoms with Crippen molar-refractivity contribution in [1.82, 2.24) is 19.4 Å².